The highest BCUT2D eigenvalue weighted by molar-refractivity contribution is 6.06. The van der Waals surface area contributed by atoms with E-state index >= 15 is 0 Å². The molecule has 1 saturated carbocycles. The first-order valence-electron chi connectivity index (χ1n) is 12.3. The van der Waals surface area contributed by atoms with Crippen molar-refractivity contribution < 1.29 is 9.59 Å². The molecule has 3 fully saturated rings. The third-order valence-corrected chi connectivity index (χ3v) is 7.69. The molecule has 31 heavy (non-hydrogen) atoms. The molecule has 4 rings (SSSR count). The molecule has 4 aliphatic rings. The van der Waals surface area contributed by atoms with Crippen molar-refractivity contribution in [3.05, 3.63) is 12.2 Å². The van der Waals surface area contributed by atoms with Crippen LogP contribution in [0, 0.1) is 23.7 Å². The van der Waals surface area contributed by atoms with Gasteiger partial charge in [-0.3, -0.25) is 24.4 Å². The Morgan fingerprint density at radius 2 is 1.87 bits per heavy atom. The Balaban J connectivity index is 1.23. The Bertz CT molecular complexity index is 705. The van der Waals surface area contributed by atoms with Gasteiger partial charge in [0.15, 0.2) is 5.96 Å². The van der Waals surface area contributed by atoms with E-state index in [1.54, 1.807) is 0 Å². The summed E-state index contributed by atoms with van der Waals surface area (Å²) < 4.78 is 0. The lowest BCUT2D eigenvalue weighted by Gasteiger charge is -2.37. The lowest BCUT2D eigenvalue weighted by Crippen LogP contribution is -2.46. The molecule has 2 saturated heterocycles. The number of guanidine groups is 1. The number of carbonyl (C=O) groups excluding carboxylic acids is 2. The third-order valence-electron chi connectivity index (χ3n) is 7.69. The minimum Gasteiger partial charge on any atom is -0.357 e. The van der Waals surface area contributed by atoms with Crippen molar-refractivity contribution in [2.24, 2.45) is 28.7 Å². The number of nitrogens with zero attached hydrogens (tertiary/aromatic N) is 3. The van der Waals surface area contributed by atoms with Crippen LogP contribution in [0.15, 0.2) is 17.1 Å². The molecule has 7 nitrogen and oxygen atoms in total. The largest absolute Gasteiger partial charge is 0.357 e. The maximum Gasteiger partial charge on any atom is 0.233 e. The summed E-state index contributed by atoms with van der Waals surface area (Å²) in [5.74, 6) is 1.31. The average Bonchev–Trinajstić information content (AvgIpc) is 3.44. The number of imide groups is 1. The Kier molecular flexibility index (Phi) is 6.99. The van der Waals surface area contributed by atoms with Crippen LogP contribution in [-0.2, 0) is 9.59 Å². The van der Waals surface area contributed by atoms with Gasteiger partial charge in [-0.1, -0.05) is 18.6 Å². The highest BCUT2D eigenvalue weighted by atomic mass is 16.2. The van der Waals surface area contributed by atoms with Crippen molar-refractivity contribution in [3.63, 3.8) is 0 Å². The second kappa shape index (κ2) is 9.72. The molecule has 0 radical (unpaired) electrons. The average molecular weight is 430 g/mol. The molecule has 2 heterocycles. The number of amides is 2. The molecule has 0 aromatic rings. The van der Waals surface area contributed by atoms with Gasteiger partial charge in [0, 0.05) is 31.7 Å². The van der Waals surface area contributed by atoms with Crippen LogP contribution in [0.3, 0.4) is 0 Å². The predicted octanol–water partition coefficient (Wildman–Crippen LogP) is 2.00. The van der Waals surface area contributed by atoms with Crippen LogP contribution in [0.5, 0.6) is 0 Å². The summed E-state index contributed by atoms with van der Waals surface area (Å²) in [6.07, 6.45) is 9.91. The van der Waals surface area contributed by atoms with E-state index in [-0.39, 0.29) is 35.5 Å². The number of likely N-dealkylation sites (tertiary alicyclic amines) is 2. The van der Waals surface area contributed by atoms with Crippen LogP contribution >= 0.6 is 0 Å². The summed E-state index contributed by atoms with van der Waals surface area (Å²) in [6.45, 7) is 10.6. The number of nitrogens with one attached hydrogen (secondary N) is 2. The Morgan fingerprint density at radius 1 is 1.16 bits per heavy atom. The highest BCUT2D eigenvalue weighted by Gasteiger charge is 2.58. The number of hydrogen-bond acceptors (Lipinski definition) is 4. The van der Waals surface area contributed by atoms with Gasteiger partial charge in [0.25, 0.3) is 0 Å². The van der Waals surface area contributed by atoms with Crippen LogP contribution < -0.4 is 10.6 Å². The zero-order valence-electron chi connectivity index (χ0n) is 19.3. The standard InChI is InChI=1S/C24H39N5O2/c1-4-25-24(27-15-17(3)28-12-6-5-8-16(28)2)26-11-7-13-29-22(30)20-18-9-10-19(14-18)21(20)23(29)31/h9-10,16-21H,4-8,11-15H2,1-3H3,(H2,25,26,27). The number of carbonyl (C=O) groups is 2. The fraction of sp³-hybridized carbons (Fsp3) is 0.792. The smallest absolute Gasteiger partial charge is 0.233 e. The molecule has 2 aliphatic carbocycles. The topological polar surface area (TPSA) is 77.0 Å². The fourth-order valence-corrected chi connectivity index (χ4v) is 6.07. The first kappa shape index (κ1) is 22.3. The maximum atomic E-state index is 12.8. The molecule has 0 aromatic carbocycles. The van der Waals surface area contributed by atoms with E-state index in [0.29, 0.717) is 25.2 Å². The van der Waals surface area contributed by atoms with E-state index in [1.807, 2.05) is 0 Å². The van der Waals surface area contributed by atoms with E-state index in [2.05, 4.69) is 48.5 Å². The van der Waals surface area contributed by atoms with Crippen molar-refractivity contribution in [1.82, 2.24) is 20.4 Å². The summed E-state index contributed by atoms with van der Waals surface area (Å²) in [6, 6.07) is 1.06. The zero-order valence-corrected chi connectivity index (χ0v) is 19.3. The van der Waals surface area contributed by atoms with Crippen LogP contribution in [0.4, 0.5) is 0 Å². The van der Waals surface area contributed by atoms with E-state index < -0.39 is 0 Å². The van der Waals surface area contributed by atoms with Gasteiger partial charge in [-0.05, 0) is 64.8 Å². The van der Waals surface area contributed by atoms with Gasteiger partial charge in [-0.15, -0.1) is 0 Å². The lowest BCUT2D eigenvalue weighted by molar-refractivity contribution is -0.140. The van der Waals surface area contributed by atoms with Gasteiger partial charge >= 0.3 is 0 Å². The monoisotopic (exact) mass is 429 g/mol. The lowest BCUT2D eigenvalue weighted by atomic mass is 9.85. The molecular weight excluding hydrogens is 390 g/mol. The first-order chi connectivity index (χ1) is 15.0. The fourth-order valence-electron chi connectivity index (χ4n) is 6.07. The van der Waals surface area contributed by atoms with E-state index in [4.69, 9.17) is 4.99 Å². The van der Waals surface area contributed by atoms with Gasteiger partial charge in [-0.2, -0.15) is 0 Å². The second-order valence-corrected chi connectivity index (χ2v) is 9.76. The molecule has 2 amide bonds. The van der Waals surface area contributed by atoms with Gasteiger partial charge in [0.1, 0.15) is 0 Å². The van der Waals surface area contributed by atoms with Crippen molar-refractivity contribution in [3.8, 4) is 0 Å². The van der Waals surface area contributed by atoms with Crippen molar-refractivity contribution in [2.75, 3.05) is 32.7 Å². The van der Waals surface area contributed by atoms with Gasteiger partial charge < -0.3 is 10.6 Å². The third kappa shape index (κ3) is 4.52. The van der Waals surface area contributed by atoms with Crippen molar-refractivity contribution >= 4 is 17.8 Å². The van der Waals surface area contributed by atoms with E-state index in [0.717, 1.165) is 31.9 Å². The van der Waals surface area contributed by atoms with Crippen LogP contribution in [-0.4, -0.2) is 72.4 Å². The minimum atomic E-state index is -0.0898. The molecule has 7 heteroatoms. The van der Waals surface area contributed by atoms with E-state index in [9.17, 15) is 9.59 Å². The molecular formula is C24H39N5O2. The summed E-state index contributed by atoms with van der Waals surface area (Å²) in [5.41, 5.74) is 0. The van der Waals surface area contributed by atoms with Crippen molar-refractivity contribution in [2.45, 2.75) is 65.0 Å². The van der Waals surface area contributed by atoms with Gasteiger partial charge in [0.2, 0.25) is 11.8 Å². The Labute approximate surface area is 186 Å². The molecule has 0 spiro atoms. The Hall–Kier alpha value is -1.89. The molecule has 6 atom stereocenters. The zero-order chi connectivity index (χ0) is 22.0. The number of piperidine rings is 1. The second-order valence-electron chi connectivity index (χ2n) is 9.76. The van der Waals surface area contributed by atoms with Gasteiger partial charge in [0.05, 0.1) is 18.4 Å². The molecule has 2 aliphatic heterocycles. The summed E-state index contributed by atoms with van der Waals surface area (Å²) in [5, 5.41) is 6.70. The summed E-state index contributed by atoms with van der Waals surface area (Å²) >= 11 is 0. The maximum absolute atomic E-state index is 12.8. The first-order valence-corrected chi connectivity index (χ1v) is 12.3. The highest BCUT2D eigenvalue weighted by Crippen LogP contribution is 2.52. The number of rotatable bonds is 8. The predicted molar refractivity (Wildman–Crippen MR) is 123 cm³/mol. The molecule has 2 bridgehead atoms. The van der Waals surface area contributed by atoms with Crippen LogP contribution in [0.2, 0.25) is 0 Å². The quantitative estimate of drug-likeness (QED) is 0.203. The SMILES string of the molecule is CCNC(=NCC(C)N1CCCCC1C)NCCCN1C(=O)C2C3C=CC(C3)C2C1=O. The van der Waals surface area contributed by atoms with Crippen LogP contribution in [0.1, 0.15) is 52.9 Å². The number of hydrogen-bond donors (Lipinski definition) is 2. The number of allylic oxidation sites excluding steroid dienone is 2. The van der Waals surface area contributed by atoms with Gasteiger partial charge in [-0.25, -0.2) is 0 Å². The van der Waals surface area contributed by atoms with Crippen LogP contribution in [0.25, 0.3) is 0 Å². The van der Waals surface area contributed by atoms with E-state index in [1.165, 1.54) is 30.7 Å². The molecule has 0 aromatic heterocycles. The van der Waals surface area contributed by atoms with Crippen molar-refractivity contribution in [1.29, 1.82) is 0 Å². The summed E-state index contributed by atoms with van der Waals surface area (Å²) in [4.78, 5) is 34.4. The molecule has 6 unspecified atom stereocenters. The Morgan fingerprint density at radius 3 is 2.52 bits per heavy atom. The number of fused-ring (bicyclic) bond motifs is 5. The minimum absolute atomic E-state index is 0.0527. The normalized spacial score (nSPS) is 33.8. The number of aliphatic imine (C=N–C) groups is 1. The summed E-state index contributed by atoms with van der Waals surface area (Å²) in [7, 11) is 0. The molecule has 172 valence electrons. The molecule has 2 N–H and O–H groups in total.